The molecule has 5 heteroatoms. The Balaban J connectivity index is 3.04. The fourth-order valence-electron chi connectivity index (χ4n) is 1.94. The van der Waals surface area contributed by atoms with Gasteiger partial charge in [0.1, 0.15) is 0 Å². The second-order valence-corrected chi connectivity index (χ2v) is 4.49. The van der Waals surface area contributed by atoms with Crippen LogP contribution in [0.25, 0.3) is 0 Å². The van der Waals surface area contributed by atoms with Gasteiger partial charge in [-0.15, -0.1) is 0 Å². The molecule has 114 valence electrons. The monoisotopic (exact) mass is 291 g/mol. The molecule has 0 aliphatic rings. The Labute approximate surface area is 124 Å². The average molecular weight is 291 g/mol. The normalized spacial score (nSPS) is 9.90. The Hall–Kier alpha value is -1.87. The first-order valence-electron chi connectivity index (χ1n) is 6.86. The number of carbonyl (C=O) groups excluding carboxylic acids is 1. The van der Waals surface area contributed by atoms with Crippen molar-refractivity contribution in [3.05, 3.63) is 34.9 Å². The number of nitrogens with zero attached hydrogens (tertiary/aromatic N) is 1. The van der Waals surface area contributed by atoms with Gasteiger partial charge in [-0.25, -0.2) is 0 Å². The standard InChI is InChI=1S/C16H21NO4/c1-13-14(5-2-3-10-18)6-4-7-15(13)16(21)17(8-11-19)9-12-20/h4,6-7,18-20H,3,8-12H2,1H3. The molecule has 0 heterocycles. The predicted molar refractivity (Wildman–Crippen MR) is 79.8 cm³/mol. The van der Waals surface area contributed by atoms with Gasteiger partial charge in [-0.2, -0.15) is 0 Å². The SMILES string of the molecule is Cc1c(C#CCCO)cccc1C(=O)N(CCO)CCO. The Morgan fingerprint density at radius 2 is 1.81 bits per heavy atom. The predicted octanol–water partition coefficient (Wildman–Crippen LogP) is 0.156. The molecule has 0 aromatic heterocycles. The van der Waals surface area contributed by atoms with Crippen molar-refractivity contribution in [3.8, 4) is 11.8 Å². The van der Waals surface area contributed by atoms with Gasteiger partial charge in [0.15, 0.2) is 0 Å². The molecule has 1 amide bonds. The fraction of sp³-hybridized carbons (Fsp3) is 0.438. The number of hydrogen-bond donors (Lipinski definition) is 3. The van der Waals surface area contributed by atoms with E-state index in [0.717, 1.165) is 11.1 Å². The zero-order chi connectivity index (χ0) is 15.7. The molecule has 3 N–H and O–H groups in total. The van der Waals surface area contributed by atoms with Crippen LogP contribution in [0.4, 0.5) is 0 Å². The topological polar surface area (TPSA) is 81.0 Å². The molecule has 0 spiro atoms. The molecule has 0 aliphatic carbocycles. The summed E-state index contributed by atoms with van der Waals surface area (Å²) in [6, 6.07) is 5.27. The molecular weight excluding hydrogens is 270 g/mol. The van der Waals surface area contributed by atoms with Gasteiger partial charge >= 0.3 is 0 Å². The summed E-state index contributed by atoms with van der Waals surface area (Å²) in [5.41, 5.74) is 2.00. The van der Waals surface area contributed by atoms with E-state index in [2.05, 4.69) is 11.8 Å². The molecule has 5 nitrogen and oxygen atoms in total. The fourth-order valence-corrected chi connectivity index (χ4v) is 1.94. The van der Waals surface area contributed by atoms with Crippen LogP contribution in [0.3, 0.4) is 0 Å². The lowest BCUT2D eigenvalue weighted by Gasteiger charge is -2.21. The smallest absolute Gasteiger partial charge is 0.254 e. The van der Waals surface area contributed by atoms with Crippen LogP contribution >= 0.6 is 0 Å². The van der Waals surface area contributed by atoms with Gasteiger partial charge in [0.2, 0.25) is 0 Å². The van der Waals surface area contributed by atoms with Crippen molar-refractivity contribution in [3.63, 3.8) is 0 Å². The van der Waals surface area contributed by atoms with Crippen LogP contribution < -0.4 is 0 Å². The molecule has 0 unspecified atom stereocenters. The molecule has 1 rings (SSSR count). The van der Waals surface area contributed by atoms with Gasteiger partial charge in [-0.1, -0.05) is 17.9 Å². The van der Waals surface area contributed by atoms with E-state index in [4.69, 9.17) is 15.3 Å². The highest BCUT2D eigenvalue weighted by atomic mass is 16.3. The van der Waals surface area contributed by atoms with E-state index in [1.165, 1.54) is 4.90 Å². The summed E-state index contributed by atoms with van der Waals surface area (Å²) in [5, 5.41) is 26.7. The van der Waals surface area contributed by atoms with Crippen molar-refractivity contribution in [1.29, 1.82) is 0 Å². The van der Waals surface area contributed by atoms with E-state index in [1.54, 1.807) is 12.1 Å². The summed E-state index contributed by atoms with van der Waals surface area (Å²) in [6.07, 6.45) is 0.388. The van der Waals surface area contributed by atoms with Gasteiger partial charge in [0.05, 0.1) is 19.8 Å². The number of aliphatic hydroxyl groups excluding tert-OH is 3. The Morgan fingerprint density at radius 3 is 2.38 bits per heavy atom. The second kappa shape index (κ2) is 9.14. The lowest BCUT2D eigenvalue weighted by Crippen LogP contribution is -2.36. The number of hydrogen-bond acceptors (Lipinski definition) is 4. The second-order valence-electron chi connectivity index (χ2n) is 4.49. The van der Waals surface area contributed by atoms with Crippen LogP contribution in [0.5, 0.6) is 0 Å². The van der Waals surface area contributed by atoms with Crippen molar-refractivity contribution in [2.75, 3.05) is 32.9 Å². The molecule has 0 saturated heterocycles. The summed E-state index contributed by atoms with van der Waals surface area (Å²) in [5.74, 6) is 5.53. The van der Waals surface area contributed by atoms with Crippen LogP contribution in [0.2, 0.25) is 0 Å². The number of carbonyl (C=O) groups is 1. The third-order valence-electron chi connectivity index (χ3n) is 3.05. The summed E-state index contributed by atoms with van der Waals surface area (Å²) >= 11 is 0. The van der Waals surface area contributed by atoms with Gasteiger partial charge in [-0.05, 0) is 24.6 Å². The van der Waals surface area contributed by atoms with Crippen LogP contribution in [-0.4, -0.2) is 59.0 Å². The number of rotatable bonds is 6. The number of benzene rings is 1. The molecule has 0 bridgehead atoms. The zero-order valence-electron chi connectivity index (χ0n) is 12.2. The summed E-state index contributed by atoms with van der Waals surface area (Å²) < 4.78 is 0. The molecule has 1 aromatic carbocycles. The van der Waals surface area contributed by atoms with Gasteiger partial charge < -0.3 is 20.2 Å². The molecule has 21 heavy (non-hydrogen) atoms. The van der Waals surface area contributed by atoms with Crippen molar-refractivity contribution < 1.29 is 20.1 Å². The van der Waals surface area contributed by atoms with Gasteiger partial charge in [0, 0.05) is 30.6 Å². The maximum Gasteiger partial charge on any atom is 0.254 e. The Morgan fingerprint density at radius 1 is 1.14 bits per heavy atom. The summed E-state index contributed by atoms with van der Waals surface area (Å²) in [6.45, 7) is 1.87. The molecule has 0 atom stereocenters. The Bertz CT molecular complexity index is 525. The number of aliphatic hydroxyl groups is 3. The van der Waals surface area contributed by atoms with Crippen LogP contribution in [0.1, 0.15) is 27.9 Å². The lowest BCUT2D eigenvalue weighted by atomic mass is 10.0. The van der Waals surface area contributed by atoms with E-state index in [0.29, 0.717) is 12.0 Å². The minimum Gasteiger partial charge on any atom is -0.395 e. The van der Waals surface area contributed by atoms with Gasteiger partial charge in [0.25, 0.3) is 5.91 Å². The molecule has 0 saturated carbocycles. The summed E-state index contributed by atoms with van der Waals surface area (Å²) in [7, 11) is 0. The Kier molecular flexibility index (Phi) is 7.48. The molecule has 0 aliphatic heterocycles. The molecule has 0 radical (unpaired) electrons. The quantitative estimate of drug-likeness (QED) is 0.652. The van der Waals surface area contributed by atoms with E-state index >= 15 is 0 Å². The van der Waals surface area contributed by atoms with Crippen molar-refractivity contribution >= 4 is 5.91 Å². The first kappa shape index (κ1) is 17.2. The largest absolute Gasteiger partial charge is 0.395 e. The minimum absolute atomic E-state index is 0.00540. The third-order valence-corrected chi connectivity index (χ3v) is 3.05. The van der Waals surface area contributed by atoms with E-state index < -0.39 is 0 Å². The highest BCUT2D eigenvalue weighted by Crippen LogP contribution is 2.15. The first-order valence-corrected chi connectivity index (χ1v) is 6.86. The highest BCUT2D eigenvalue weighted by Gasteiger charge is 2.17. The van der Waals surface area contributed by atoms with Crippen molar-refractivity contribution in [2.24, 2.45) is 0 Å². The number of amides is 1. The van der Waals surface area contributed by atoms with Crippen LogP contribution in [0, 0.1) is 18.8 Å². The summed E-state index contributed by atoms with van der Waals surface area (Å²) in [4.78, 5) is 13.9. The maximum atomic E-state index is 12.4. The molecule has 1 aromatic rings. The van der Waals surface area contributed by atoms with Crippen LogP contribution in [0.15, 0.2) is 18.2 Å². The zero-order valence-corrected chi connectivity index (χ0v) is 12.2. The van der Waals surface area contributed by atoms with E-state index in [1.807, 2.05) is 13.0 Å². The minimum atomic E-state index is -0.235. The van der Waals surface area contributed by atoms with Crippen LogP contribution in [-0.2, 0) is 0 Å². The lowest BCUT2D eigenvalue weighted by molar-refractivity contribution is 0.0684. The third kappa shape index (κ3) is 4.87. The van der Waals surface area contributed by atoms with Gasteiger partial charge in [-0.3, -0.25) is 4.79 Å². The van der Waals surface area contributed by atoms with Crippen molar-refractivity contribution in [1.82, 2.24) is 4.90 Å². The van der Waals surface area contributed by atoms with E-state index in [9.17, 15) is 4.79 Å². The first-order chi connectivity index (χ1) is 10.2. The van der Waals surface area contributed by atoms with E-state index in [-0.39, 0.29) is 38.8 Å². The average Bonchev–Trinajstić information content (AvgIpc) is 2.48. The molecular formula is C16H21NO4. The maximum absolute atomic E-state index is 12.4. The van der Waals surface area contributed by atoms with Crippen molar-refractivity contribution in [2.45, 2.75) is 13.3 Å². The highest BCUT2D eigenvalue weighted by molar-refractivity contribution is 5.96. The molecule has 0 fully saturated rings.